The summed E-state index contributed by atoms with van der Waals surface area (Å²) >= 11 is 0. The molecule has 3 aliphatic heterocycles. The fourth-order valence-corrected chi connectivity index (χ4v) is 6.63. The van der Waals surface area contributed by atoms with E-state index in [0.717, 1.165) is 49.2 Å². The Hall–Kier alpha value is -3.68. The van der Waals surface area contributed by atoms with Crippen LogP contribution in [0.5, 0.6) is 0 Å². The van der Waals surface area contributed by atoms with Gasteiger partial charge in [0.15, 0.2) is 17.6 Å². The van der Waals surface area contributed by atoms with Gasteiger partial charge in [-0.05, 0) is 24.6 Å². The molecule has 5 heterocycles. The molecule has 1 amide bonds. The minimum atomic E-state index is -1.71. The molecular formula is C26H19N3O4. The molecule has 3 atom stereocenters. The molecular weight excluding hydrogens is 418 g/mol. The number of aliphatic hydroxyl groups is 1. The molecule has 1 fully saturated rings. The Balaban J connectivity index is 1.79. The molecule has 0 radical (unpaired) electrons. The number of nitrogens with one attached hydrogen (secondary N) is 1. The molecule has 1 unspecified atom stereocenters. The van der Waals surface area contributed by atoms with Crippen molar-refractivity contribution < 1.29 is 19.4 Å². The SMILES string of the molecule is C[C@@]12OC(C[C@@]1(O)C=O)n1c3ccccc3c3c4c(c5c6ccccc6n2c5c31)CNC4=O. The molecule has 33 heavy (non-hydrogen) atoms. The number of hydrogen-bond acceptors (Lipinski definition) is 4. The van der Waals surface area contributed by atoms with Gasteiger partial charge in [0.25, 0.3) is 5.91 Å². The van der Waals surface area contributed by atoms with E-state index >= 15 is 0 Å². The van der Waals surface area contributed by atoms with E-state index in [1.54, 1.807) is 6.92 Å². The number of carbonyl (C=O) groups is 2. The summed E-state index contributed by atoms with van der Waals surface area (Å²) in [4.78, 5) is 25.5. The van der Waals surface area contributed by atoms with Gasteiger partial charge in [-0.15, -0.1) is 0 Å². The highest BCUT2D eigenvalue weighted by atomic mass is 16.6. The summed E-state index contributed by atoms with van der Waals surface area (Å²) in [7, 11) is 0. The third kappa shape index (κ3) is 1.70. The number of carbonyl (C=O) groups excluding carboxylic acids is 2. The molecule has 2 aromatic heterocycles. The number of amides is 1. The molecule has 2 N–H and O–H groups in total. The lowest BCUT2D eigenvalue weighted by Crippen LogP contribution is -2.51. The quantitative estimate of drug-likeness (QED) is 0.392. The first-order chi connectivity index (χ1) is 16.0. The second-order valence-corrected chi connectivity index (χ2v) is 9.52. The van der Waals surface area contributed by atoms with Crippen molar-refractivity contribution in [2.75, 3.05) is 0 Å². The maximum Gasteiger partial charge on any atom is 0.252 e. The normalized spacial score (nSPS) is 27.7. The molecule has 1 saturated heterocycles. The van der Waals surface area contributed by atoms with Crippen molar-refractivity contribution in [3.8, 4) is 0 Å². The maximum absolute atomic E-state index is 13.2. The number of fused-ring (bicyclic) bond motifs is 13. The number of benzene rings is 3. The first kappa shape index (κ1) is 17.8. The van der Waals surface area contributed by atoms with Gasteiger partial charge in [-0.3, -0.25) is 9.59 Å². The van der Waals surface area contributed by atoms with Crippen molar-refractivity contribution >= 4 is 55.8 Å². The zero-order valence-corrected chi connectivity index (χ0v) is 17.8. The third-order valence-electron chi connectivity index (χ3n) is 8.08. The Morgan fingerprint density at radius 3 is 2.52 bits per heavy atom. The van der Waals surface area contributed by atoms with Crippen molar-refractivity contribution in [3.05, 3.63) is 59.7 Å². The molecule has 8 rings (SSSR count). The van der Waals surface area contributed by atoms with Crippen LogP contribution in [0, 0.1) is 0 Å². The predicted octanol–water partition coefficient (Wildman–Crippen LogP) is 3.68. The summed E-state index contributed by atoms with van der Waals surface area (Å²) in [5, 5.41) is 18.5. The fourth-order valence-electron chi connectivity index (χ4n) is 6.63. The topological polar surface area (TPSA) is 85.5 Å². The lowest BCUT2D eigenvalue weighted by Gasteiger charge is -2.36. The van der Waals surface area contributed by atoms with Gasteiger partial charge in [-0.25, -0.2) is 0 Å². The minimum Gasteiger partial charge on any atom is -0.377 e. The maximum atomic E-state index is 13.2. The number of para-hydroxylation sites is 2. The van der Waals surface area contributed by atoms with Gasteiger partial charge in [0.2, 0.25) is 0 Å². The van der Waals surface area contributed by atoms with Gasteiger partial charge >= 0.3 is 0 Å². The predicted molar refractivity (Wildman–Crippen MR) is 123 cm³/mol. The van der Waals surface area contributed by atoms with Crippen molar-refractivity contribution in [1.82, 2.24) is 14.5 Å². The molecule has 3 aromatic carbocycles. The highest BCUT2D eigenvalue weighted by Crippen LogP contribution is 2.56. The monoisotopic (exact) mass is 437 g/mol. The van der Waals surface area contributed by atoms with Crippen molar-refractivity contribution in [3.63, 3.8) is 0 Å². The number of aromatic nitrogens is 2. The summed E-state index contributed by atoms with van der Waals surface area (Å²) in [5.74, 6) is -0.0717. The van der Waals surface area contributed by atoms with E-state index in [1.807, 2.05) is 53.1 Å². The van der Waals surface area contributed by atoms with E-state index in [9.17, 15) is 14.7 Å². The van der Waals surface area contributed by atoms with E-state index in [4.69, 9.17) is 4.74 Å². The number of rotatable bonds is 1. The van der Waals surface area contributed by atoms with Gasteiger partial charge in [0.05, 0.1) is 27.6 Å². The van der Waals surface area contributed by atoms with Crippen molar-refractivity contribution in [2.45, 2.75) is 37.4 Å². The Kier molecular flexibility index (Phi) is 2.85. The van der Waals surface area contributed by atoms with Crippen LogP contribution in [0.1, 0.15) is 35.5 Å². The van der Waals surface area contributed by atoms with Gasteiger partial charge < -0.3 is 24.3 Å². The van der Waals surface area contributed by atoms with Gasteiger partial charge in [0.1, 0.15) is 6.23 Å². The molecule has 3 aliphatic rings. The molecule has 7 nitrogen and oxygen atoms in total. The van der Waals surface area contributed by atoms with Crippen LogP contribution in [-0.2, 0) is 21.8 Å². The van der Waals surface area contributed by atoms with E-state index in [-0.39, 0.29) is 12.3 Å². The standard InChI is InChI=1S/C26H19N3O4/c1-25-26(32,12-30)10-18(33-25)28-16-8-4-2-6-13(16)20-21-15(11-27-24(21)31)19-14-7-3-5-9-17(14)29(25)23(19)22(20)28/h2-9,12,18,32H,10-11H2,1H3,(H,27,31)/t18?,25-,26-/m1/s1. The second kappa shape index (κ2) is 5.27. The summed E-state index contributed by atoms with van der Waals surface area (Å²) in [6.45, 7) is 2.23. The fraction of sp³-hybridized carbons (Fsp3) is 0.231. The molecule has 5 aromatic rings. The van der Waals surface area contributed by atoms with Gasteiger partial charge in [-0.1, -0.05) is 36.4 Å². The highest BCUT2D eigenvalue weighted by molar-refractivity contribution is 6.31. The molecule has 162 valence electrons. The van der Waals surface area contributed by atoms with Gasteiger partial charge in [-0.2, -0.15) is 0 Å². The molecule has 0 aliphatic carbocycles. The first-order valence-corrected chi connectivity index (χ1v) is 11.1. The van der Waals surface area contributed by atoms with Crippen LogP contribution in [0.2, 0.25) is 0 Å². The zero-order valence-electron chi connectivity index (χ0n) is 17.8. The second-order valence-electron chi connectivity index (χ2n) is 9.52. The van der Waals surface area contributed by atoms with Crippen LogP contribution in [0.4, 0.5) is 0 Å². The lowest BCUT2D eigenvalue weighted by atomic mass is 9.90. The summed E-state index contributed by atoms with van der Waals surface area (Å²) in [6, 6.07) is 15.9. The van der Waals surface area contributed by atoms with E-state index in [2.05, 4.69) is 9.88 Å². The van der Waals surface area contributed by atoms with E-state index < -0.39 is 17.6 Å². The largest absolute Gasteiger partial charge is 0.377 e. The highest BCUT2D eigenvalue weighted by Gasteiger charge is 2.61. The van der Waals surface area contributed by atoms with E-state index in [0.29, 0.717) is 18.4 Å². The lowest BCUT2D eigenvalue weighted by molar-refractivity contribution is -0.177. The van der Waals surface area contributed by atoms with Crippen LogP contribution in [0.25, 0.3) is 43.6 Å². The average Bonchev–Trinajstić information content (AvgIpc) is 3.51. The Labute approximate surface area is 187 Å². The van der Waals surface area contributed by atoms with E-state index in [1.165, 1.54) is 0 Å². The van der Waals surface area contributed by atoms with Gasteiger partial charge in [0, 0.05) is 34.5 Å². The number of aldehydes is 1. The van der Waals surface area contributed by atoms with Crippen LogP contribution in [0.15, 0.2) is 48.5 Å². The number of ether oxygens (including phenoxy) is 1. The summed E-state index contributed by atoms with van der Waals surface area (Å²) in [6.07, 6.45) is 0.189. The van der Waals surface area contributed by atoms with Crippen LogP contribution in [-0.4, -0.2) is 32.0 Å². The molecule has 0 spiro atoms. The smallest absolute Gasteiger partial charge is 0.252 e. The van der Waals surface area contributed by atoms with Crippen LogP contribution < -0.4 is 5.32 Å². The number of nitrogens with zero attached hydrogens (tertiary/aromatic N) is 2. The molecule has 0 saturated carbocycles. The summed E-state index contributed by atoms with van der Waals surface area (Å²) < 4.78 is 10.7. The third-order valence-corrected chi connectivity index (χ3v) is 8.08. The van der Waals surface area contributed by atoms with Crippen LogP contribution >= 0.6 is 0 Å². The number of hydrogen-bond donors (Lipinski definition) is 2. The van der Waals surface area contributed by atoms with Crippen LogP contribution in [0.3, 0.4) is 0 Å². The summed E-state index contributed by atoms with van der Waals surface area (Å²) in [5.41, 5.74) is 2.24. The molecule has 2 bridgehead atoms. The Morgan fingerprint density at radius 2 is 1.76 bits per heavy atom. The van der Waals surface area contributed by atoms with Crippen molar-refractivity contribution in [1.29, 1.82) is 0 Å². The first-order valence-electron chi connectivity index (χ1n) is 11.1. The van der Waals surface area contributed by atoms with Crippen molar-refractivity contribution in [2.24, 2.45) is 0 Å². The zero-order chi connectivity index (χ0) is 22.3. The minimum absolute atomic E-state index is 0.0717. The Bertz CT molecular complexity index is 1760. The average molecular weight is 437 g/mol. The molecule has 7 heteroatoms. The Morgan fingerprint density at radius 1 is 1.06 bits per heavy atom.